The Bertz CT molecular complexity index is 780. The average Bonchev–Trinajstić information content (AvgIpc) is 2.68. The van der Waals surface area contributed by atoms with Crippen molar-refractivity contribution in [2.75, 3.05) is 31.8 Å². The summed E-state index contributed by atoms with van der Waals surface area (Å²) in [4.78, 5) is 30.6. The van der Waals surface area contributed by atoms with Crippen molar-refractivity contribution in [3.63, 3.8) is 0 Å². The van der Waals surface area contributed by atoms with Crippen LogP contribution in [0, 0.1) is 0 Å². The third-order valence-corrected chi connectivity index (χ3v) is 4.03. The molecule has 7 heteroatoms. The van der Waals surface area contributed by atoms with Crippen LogP contribution in [0.3, 0.4) is 0 Å². The monoisotopic (exact) mass is 355 g/mol. The number of aromatic nitrogens is 1. The van der Waals surface area contributed by atoms with Crippen molar-refractivity contribution in [2.24, 2.45) is 0 Å². The zero-order valence-corrected chi connectivity index (χ0v) is 14.6. The van der Waals surface area contributed by atoms with E-state index in [2.05, 4.69) is 10.3 Å². The minimum Gasteiger partial charge on any atom is -0.475 e. The molecule has 2 amide bonds. The average molecular weight is 355 g/mol. The van der Waals surface area contributed by atoms with Gasteiger partial charge in [0.15, 0.2) is 5.78 Å². The van der Waals surface area contributed by atoms with Gasteiger partial charge in [-0.15, -0.1) is 0 Å². The molecule has 1 aromatic carbocycles. The second-order valence-corrected chi connectivity index (χ2v) is 5.83. The Kier molecular flexibility index (Phi) is 5.80. The summed E-state index contributed by atoms with van der Waals surface area (Å²) in [5.74, 6) is 0.255. The number of nitrogens with zero attached hydrogens (tertiary/aromatic N) is 2. The number of urea groups is 1. The van der Waals surface area contributed by atoms with Crippen molar-refractivity contribution in [1.82, 2.24) is 10.3 Å². The molecule has 0 saturated heterocycles. The first-order valence-corrected chi connectivity index (χ1v) is 8.44. The number of hydrogen-bond donors (Lipinski definition) is 1. The molecule has 1 aromatic heterocycles. The first kappa shape index (κ1) is 17.9. The number of carbonyl (C=O) groups excluding carboxylic acids is 2. The Morgan fingerprint density at radius 3 is 2.77 bits per heavy atom. The Balaban J connectivity index is 1.71. The van der Waals surface area contributed by atoms with Crippen molar-refractivity contribution in [3.8, 4) is 5.88 Å². The highest BCUT2D eigenvalue weighted by Crippen LogP contribution is 2.28. The molecular weight excluding hydrogens is 334 g/mol. The molecule has 1 N–H and O–H groups in total. The number of ketones is 1. The number of pyridine rings is 1. The van der Waals surface area contributed by atoms with Crippen LogP contribution in [-0.2, 0) is 11.3 Å². The summed E-state index contributed by atoms with van der Waals surface area (Å²) < 4.78 is 10.4. The third-order valence-electron chi connectivity index (χ3n) is 4.03. The van der Waals surface area contributed by atoms with E-state index in [0.717, 1.165) is 5.56 Å². The number of carbonyl (C=O) groups is 2. The SMILES string of the molecule is COCCOc1ccc2c(n1)C(=O)CCN2C(=O)NCc1ccccc1. The van der Waals surface area contributed by atoms with E-state index in [9.17, 15) is 9.59 Å². The van der Waals surface area contributed by atoms with E-state index in [-0.39, 0.29) is 23.9 Å². The summed E-state index contributed by atoms with van der Waals surface area (Å²) in [6.07, 6.45) is 0.236. The van der Waals surface area contributed by atoms with Gasteiger partial charge in [-0.2, -0.15) is 0 Å². The molecule has 7 nitrogen and oxygen atoms in total. The standard InChI is InChI=1S/C19H21N3O4/c1-25-11-12-26-17-8-7-15-18(21-17)16(23)9-10-22(15)19(24)20-13-14-5-3-2-4-6-14/h2-8H,9-13H2,1H3,(H,20,24). The molecule has 1 aliphatic rings. The molecule has 0 radical (unpaired) electrons. The van der Waals surface area contributed by atoms with Crippen LogP contribution in [-0.4, -0.2) is 43.7 Å². The summed E-state index contributed by atoms with van der Waals surface area (Å²) in [6.45, 7) is 1.53. The number of benzene rings is 1. The third kappa shape index (κ3) is 4.18. The first-order valence-electron chi connectivity index (χ1n) is 8.44. The van der Waals surface area contributed by atoms with Gasteiger partial charge in [0, 0.05) is 32.7 Å². The summed E-state index contributed by atoms with van der Waals surface area (Å²) in [5, 5.41) is 2.88. The van der Waals surface area contributed by atoms with Crippen LogP contribution in [0.2, 0.25) is 0 Å². The molecule has 136 valence electrons. The largest absolute Gasteiger partial charge is 0.475 e. The van der Waals surface area contributed by atoms with E-state index >= 15 is 0 Å². The molecule has 0 unspecified atom stereocenters. The summed E-state index contributed by atoms with van der Waals surface area (Å²) in [6, 6.07) is 12.8. The molecule has 26 heavy (non-hydrogen) atoms. The molecule has 2 heterocycles. The van der Waals surface area contributed by atoms with Crippen LogP contribution in [0.5, 0.6) is 5.88 Å². The predicted molar refractivity (Wildman–Crippen MR) is 96.6 cm³/mol. The number of Topliss-reactive ketones (excluding diaryl/α,β-unsaturated/α-hetero) is 1. The van der Waals surface area contributed by atoms with Gasteiger partial charge in [-0.05, 0) is 11.6 Å². The maximum absolute atomic E-state index is 12.6. The van der Waals surface area contributed by atoms with Gasteiger partial charge in [-0.3, -0.25) is 9.69 Å². The molecule has 2 aromatic rings. The summed E-state index contributed by atoms with van der Waals surface area (Å²) >= 11 is 0. The maximum atomic E-state index is 12.6. The van der Waals surface area contributed by atoms with Gasteiger partial charge >= 0.3 is 6.03 Å². The van der Waals surface area contributed by atoms with E-state index in [1.54, 1.807) is 24.1 Å². The fourth-order valence-electron chi connectivity index (χ4n) is 2.70. The van der Waals surface area contributed by atoms with Gasteiger partial charge in [0.2, 0.25) is 5.88 Å². The van der Waals surface area contributed by atoms with Crippen molar-refractivity contribution in [1.29, 1.82) is 0 Å². The molecule has 0 bridgehead atoms. The van der Waals surface area contributed by atoms with Crippen molar-refractivity contribution in [2.45, 2.75) is 13.0 Å². The Labute approximate surface area is 151 Å². The van der Waals surface area contributed by atoms with Crippen LogP contribution < -0.4 is 15.0 Å². The highest BCUT2D eigenvalue weighted by atomic mass is 16.5. The van der Waals surface area contributed by atoms with Gasteiger partial charge < -0.3 is 14.8 Å². The van der Waals surface area contributed by atoms with Crippen LogP contribution >= 0.6 is 0 Å². The Morgan fingerprint density at radius 2 is 2.00 bits per heavy atom. The molecule has 1 aliphatic heterocycles. The lowest BCUT2D eigenvalue weighted by molar-refractivity contribution is 0.0973. The number of fused-ring (bicyclic) bond motifs is 1. The van der Waals surface area contributed by atoms with Crippen LogP contribution in [0.1, 0.15) is 22.5 Å². The van der Waals surface area contributed by atoms with E-state index in [1.165, 1.54) is 0 Å². The van der Waals surface area contributed by atoms with Crippen LogP contribution in [0.25, 0.3) is 0 Å². The number of nitrogens with one attached hydrogen (secondary N) is 1. The minimum absolute atomic E-state index is 0.0932. The van der Waals surface area contributed by atoms with Gasteiger partial charge in [0.05, 0.1) is 12.3 Å². The number of hydrogen-bond acceptors (Lipinski definition) is 5. The highest BCUT2D eigenvalue weighted by Gasteiger charge is 2.29. The Hall–Kier alpha value is -2.93. The maximum Gasteiger partial charge on any atom is 0.322 e. The van der Waals surface area contributed by atoms with E-state index in [0.29, 0.717) is 37.9 Å². The molecule has 0 fully saturated rings. The predicted octanol–water partition coefficient (Wildman–Crippen LogP) is 2.41. The number of amides is 2. The normalized spacial score (nSPS) is 13.3. The molecule has 0 spiro atoms. The molecule has 0 saturated carbocycles. The van der Waals surface area contributed by atoms with Crippen molar-refractivity contribution < 1.29 is 19.1 Å². The topological polar surface area (TPSA) is 80.8 Å². The summed E-state index contributed by atoms with van der Waals surface area (Å²) in [7, 11) is 1.58. The lowest BCUT2D eigenvalue weighted by Gasteiger charge is -2.28. The number of ether oxygens (including phenoxy) is 2. The van der Waals surface area contributed by atoms with E-state index in [1.807, 2.05) is 30.3 Å². The van der Waals surface area contributed by atoms with Crippen LogP contribution in [0.15, 0.2) is 42.5 Å². The minimum atomic E-state index is -0.252. The quantitative estimate of drug-likeness (QED) is 0.805. The fourth-order valence-corrected chi connectivity index (χ4v) is 2.70. The number of rotatable bonds is 6. The zero-order chi connectivity index (χ0) is 18.4. The van der Waals surface area contributed by atoms with E-state index < -0.39 is 0 Å². The fraction of sp³-hybridized carbons (Fsp3) is 0.316. The van der Waals surface area contributed by atoms with Crippen molar-refractivity contribution >= 4 is 17.5 Å². The summed E-state index contributed by atoms with van der Waals surface area (Å²) in [5.41, 5.74) is 1.78. The van der Waals surface area contributed by atoms with Gasteiger partial charge in [0.25, 0.3) is 0 Å². The lowest BCUT2D eigenvalue weighted by Crippen LogP contribution is -2.44. The zero-order valence-electron chi connectivity index (χ0n) is 14.6. The van der Waals surface area contributed by atoms with Gasteiger partial charge in [-0.1, -0.05) is 30.3 Å². The lowest BCUT2D eigenvalue weighted by atomic mass is 10.1. The van der Waals surface area contributed by atoms with Gasteiger partial charge in [0.1, 0.15) is 12.3 Å². The molecule has 0 atom stereocenters. The second-order valence-electron chi connectivity index (χ2n) is 5.83. The van der Waals surface area contributed by atoms with E-state index in [4.69, 9.17) is 9.47 Å². The smallest absolute Gasteiger partial charge is 0.322 e. The molecule has 0 aliphatic carbocycles. The van der Waals surface area contributed by atoms with Gasteiger partial charge in [-0.25, -0.2) is 9.78 Å². The van der Waals surface area contributed by atoms with Crippen LogP contribution in [0.4, 0.5) is 10.5 Å². The number of methoxy groups -OCH3 is 1. The molecular formula is C19H21N3O4. The highest BCUT2D eigenvalue weighted by molar-refractivity contribution is 6.07. The number of anilines is 1. The van der Waals surface area contributed by atoms with Crippen molar-refractivity contribution in [3.05, 3.63) is 53.7 Å². The molecule has 3 rings (SSSR count). The Morgan fingerprint density at radius 1 is 1.19 bits per heavy atom. The first-order chi connectivity index (χ1) is 12.7. The second kappa shape index (κ2) is 8.44.